The van der Waals surface area contributed by atoms with Crippen molar-refractivity contribution in [1.82, 2.24) is 4.90 Å². The van der Waals surface area contributed by atoms with E-state index in [1.165, 1.54) is 12.8 Å². The van der Waals surface area contributed by atoms with Gasteiger partial charge in [-0.25, -0.2) is 0 Å². The van der Waals surface area contributed by atoms with Crippen LogP contribution in [0.15, 0.2) is 0 Å². The summed E-state index contributed by atoms with van der Waals surface area (Å²) in [6, 6.07) is 0.401. The Morgan fingerprint density at radius 3 is 2.47 bits per heavy atom. The highest BCUT2D eigenvalue weighted by molar-refractivity contribution is 5.76. The van der Waals surface area contributed by atoms with Gasteiger partial charge in [-0.1, -0.05) is 0 Å². The number of rotatable bonds is 5. The average molecular weight is 212 g/mol. The highest BCUT2D eigenvalue weighted by Gasteiger charge is 2.32. The standard InChI is InChI=1S/C12H24N2O/c1-9(10-5-6-10)14(4)11(15)7-8-12(2,3)13/h9-10H,5-8,13H2,1-4H3. The number of carbonyl (C=O) groups is 1. The summed E-state index contributed by atoms with van der Waals surface area (Å²) in [4.78, 5) is 13.7. The summed E-state index contributed by atoms with van der Waals surface area (Å²) in [5.74, 6) is 0.970. The second kappa shape index (κ2) is 4.52. The van der Waals surface area contributed by atoms with Gasteiger partial charge in [-0.3, -0.25) is 4.79 Å². The highest BCUT2D eigenvalue weighted by atomic mass is 16.2. The first-order valence-corrected chi connectivity index (χ1v) is 5.86. The van der Waals surface area contributed by atoms with Crippen LogP contribution >= 0.6 is 0 Å². The summed E-state index contributed by atoms with van der Waals surface area (Å²) in [5.41, 5.74) is 5.62. The molecule has 2 N–H and O–H groups in total. The largest absolute Gasteiger partial charge is 0.343 e. The molecule has 1 aliphatic rings. The molecule has 0 saturated heterocycles. The van der Waals surface area contributed by atoms with Gasteiger partial charge in [0.2, 0.25) is 5.91 Å². The third-order valence-corrected chi connectivity index (χ3v) is 3.29. The Morgan fingerprint density at radius 2 is 2.07 bits per heavy atom. The van der Waals surface area contributed by atoms with Crippen molar-refractivity contribution in [2.45, 2.75) is 58.0 Å². The third-order valence-electron chi connectivity index (χ3n) is 3.29. The van der Waals surface area contributed by atoms with Crippen molar-refractivity contribution in [3.05, 3.63) is 0 Å². The van der Waals surface area contributed by atoms with Gasteiger partial charge in [0.1, 0.15) is 0 Å². The van der Waals surface area contributed by atoms with Gasteiger partial charge in [-0.2, -0.15) is 0 Å². The average Bonchev–Trinajstić information content (AvgIpc) is 2.93. The van der Waals surface area contributed by atoms with E-state index in [1.807, 2.05) is 25.8 Å². The SMILES string of the molecule is CC(C1CC1)N(C)C(=O)CCC(C)(C)N. The van der Waals surface area contributed by atoms with Crippen LogP contribution in [0.4, 0.5) is 0 Å². The van der Waals surface area contributed by atoms with Crippen molar-refractivity contribution in [2.24, 2.45) is 11.7 Å². The van der Waals surface area contributed by atoms with Crippen LogP contribution in [-0.2, 0) is 4.79 Å². The molecule has 1 rings (SSSR count). The zero-order valence-electron chi connectivity index (χ0n) is 10.4. The van der Waals surface area contributed by atoms with Crippen molar-refractivity contribution >= 4 is 5.91 Å². The van der Waals surface area contributed by atoms with Gasteiger partial charge in [-0.15, -0.1) is 0 Å². The minimum absolute atomic E-state index is 0.230. The lowest BCUT2D eigenvalue weighted by Gasteiger charge is -2.26. The minimum atomic E-state index is -0.237. The van der Waals surface area contributed by atoms with Crippen LogP contribution in [-0.4, -0.2) is 29.4 Å². The summed E-state index contributed by atoms with van der Waals surface area (Å²) in [5, 5.41) is 0. The van der Waals surface area contributed by atoms with Gasteiger partial charge in [-0.05, 0) is 46.0 Å². The summed E-state index contributed by atoms with van der Waals surface area (Å²) in [6.45, 7) is 6.07. The maximum atomic E-state index is 11.8. The minimum Gasteiger partial charge on any atom is -0.343 e. The van der Waals surface area contributed by atoms with E-state index in [0.717, 1.165) is 12.3 Å². The zero-order chi connectivity index (χ0) is 11.6. The molecule has 88 valence electrons. The van der Waals surface area contributed by atoms with E-state index in [2.05, 4.69) is 6.92 Å². The Hall–Kier alpha value is -0.570. The van der Waals surface area contributed by atoms with Crippen LogP contribution < -0.4 is 5.73 Å². The first-order valence-electron chi connectivity index (χ1n) is 5.86. The summed E-state index contributed by atoms with van der Waals surface area (Å²) < 4.78 is 0. The molecule has 1 amide bonds. The topological polar surface area (TPSA) is 46.3 Å². The maximum absolute atomic E-state index is 11.8. The molecule has 1 atom stereocenters. The summed E-state index contributed by atoms with van der Waals surface area (Å²) in [6.07, 6.45) is 3.88. The number of nitrogens with zero attached hydrogens (tertiary/aromatic N) is 1. The van der Waals surface area contributed by atoms with Crippen LogP contribution in [0.3, 0.4) is 0 Å². The highest BCUT2D eigenvalue weighted by Crippen LogP contribution is 2.34. The molecule has 0 spiro atoms. The predicted molar refractivity (Wildman–Crippen MR) is 62.5 cm³/mol. The monoisotopic (exact) mass is 212 g/mol. The summed E-state index contributed by atoms with van der Waals surface area (Å²) >= 11 is 0. The molecule has 0 radical (unpaired) electrons. The van der Waals surface area contributed by atoms with E-state index in [0.29, 0.717) is 12.5 Å². The Balaban J connectivity index is 2.32. The van der Waals surface area contributed by atoms with E-state index in [4.69, 9.17) is 5.73 Å². The van der Waals surface area contributed by atoms with E-state index in [9.17, 15) is 4.79 Å². The van der Waals surface area contributed by atoms with Gasteiger partial charge >= 0.3 is 0 Å². The molecule has 1 saturated carbocycles. The molecule has 1 fully saturated rings. The molecule has 0 aliphatic heterocycles. The number of amides is 1. The van der Waals surface area contributed by atoms with E-state index < -0.39 is 0 Å². The Kier molecular flexibility index (Phi) is 3.77. The maximum Gasteiger partial charge on any atom is 0.222 e. The summed E-state index contributed by atoms with van der Waals surface area (Å²) in [7, 11) is 1.91. The van der Waals surface area contributed by atoms with Gasteiger partial charge in [0.25, 0.3) is 0 Å². The number of nitrogens with two attached hydrogens (primary N) is 1. The van der Waals surface area contributed by atoms with E-state index in [-0.39, 0.29) is 11.4 Å². The molecule has 15 heavy (non-hydrogen) atoms. The van der Waals surface area contributed by atoms with Crippen molar-refractivity contribution in [2.75, 3.05) is 7.05 Å². The molecule has 0 heterocycles. The first kappa shape index (κ1) is 12.5. The van der Waals surface area contributed by atoms with Gasteiger partial charge in [0.05, 0.1) is 0 Å². The molecule has 0 aromatic heterocycles. The fourth-order valence-corrected chi connectivity index (χ4v) is 1.73. The Morgan fingerprint density at radius 1 is 1.53 bits per heavy atom. The number of hydrogen-bond donors (Lipinski definition) is 1. The van der Waals surface area contributed by atoms with Crippen molar-refractivity contribution < 1.29 is 4.79 Å². The van der Waals surface area contributed by atoms with Crippen molar-refractivity contribution in [3.8, 4) is 0 Å². The van der Waals surface area contributed by atoms with Crippen LogP contribution in [0.5, 0.6) is 0 Å². The lowest BCUT2D eigenvalue weighted by molar-refractivity contribution is -0.132. The van der Waals surface area contributed by atoms with Gasteiger partial charge < -0.3 is 10.6 Å². The van der Waals surface area contributed by atoms with E-state index >= 15 is 0 Å². The molecule has 1 unspecified atom stereocenters. The van der Waals surface area contributed by atoms with Crippen molar-refractivity contribution in [1.29, 1.82) is 0 Å². The van der Waals surface area contributed by atoms with Gasteiger partial charge in [0, 0.05) is 25.0 Å². The molecule has 0 aromatic carbocycles. The molecule has 0 aromatic rings. The van der Waals surface area contributed by atoms with Crippen molar-refractivity contribution in [3.63, 3.8) is 0 Å². The Labute approximate surface area is 93.0 Å². The molecular formula is C12H24N2O. The smallest absolute Gasteiger partial charge is 0.222 e. The van der Waals surface area contributed by atoms with Gasteiger partial charge in [0.15, 0.2) is 0 Å². The van der Waals surface area contributed by atoms with Crippen LogP contribution in [0.1, 0.15) is 46.5 Å². The van der Waals surface area contributed by atoms with Crippen LogP contribution in [0.25, 0.3) is 0 Å². The lowest BCUT2D eigenvalue weighted by Crippen LogP contribution is -2.39. The quantitative estimate of drug-likeness (QED) is 0.755. The zero-order valence-corrected chi connectivity index (χ0v) is 10.4. The van der Waals surface area contributed by atoms with Crippen LogP contribution in [0.2, 0.25) is 0 Å². The fraction of sp³-hybridized carbons (Fsp3) is 0.917. The normalized spacial score (nSPS) is 18.7. The lowest BCUT2D eigenvalue weighted by atomic mass is 9.99. The fourth-order valence-electron chi connectivity index (χ4n) is 1.73. The third kappa shape index (κ3) is 4.20. The Bertz CT molecular complexity index is 228. The molecular weight excluding hydrogens is 188 g/mol. The second-order valence-corrected chi connectivity index (χ2v) is 5.57. The van der Waals surface area contributed by atoms with Crippen LogP contribution in [0, 0.1) is 5.92 Å². The predicted octanol–water partition coefficient (Wildman–Crippen LogP) is 1.76. The molecule has 3 heteroatoms. The molecule has 3 nitrogen and oxygen atoms in total. The first-order chi connectivity index (χ1) is 6.81. The number of hydrogen-bond acceptors (Lipinski definition) is 2. The second-order valence-electron chi connectivity index (χ2n) is 5.57. The molecule has 1 aliphatic carbocycles. The molecule has 0 bridgehead atoms. The number of carbonyl (C=O) groups excluding carboxylic acids is 1. The van der Waals surface area contributed by atoms with E-state index in [1.54, 1.807) is 0 Å².